The lowest BCUT2D eigenvalue weighted by molar-refractivity contribution is -0.00466. The van der Waals surface area contributed by atoms with Gasteiger partial charge in [-0.15, -0.1) is 10.2 Å². The van der Waals surface area contributed by atoms with E-state index < -0.39 is 0 Å². The van der Waals surface area contributed by atoms with Gasteiger partial charge < -0.3 is 4.74 Å². The molecule has 2 heterocycles. The molecule has 2 rings (SSSR count). The summed E-state index contributed by atoms with van der Waals surface area (Å²) in [6, 6.07) is 0. The van der Waals surface area contributed by atoms with E-state index in [9.17, 15) is 0 Å². The highest BCUT2D eigenvalue weighted by molar-refractivity contribution is 8.01. The summed E-state index contributed by atoms with van der Waals surface area (Å²) < 4.78 is 6.97. The zero-order valence-electron chi connectivity index (χ0n) is 9.32. The van der Waals surface area contributed by atoms with Crippen LogP contribution in [0.1, 0.15) is 31.7 Å². The van der Waals surface area contributed by atoms with Crippen LogP contribution in [0.2, 0.25) is 0 Å². The number of aromatic nitrogens is 2. The lowest BCUT2D eigenvalue weighted by atomic mass is 10.1. The molecule has 0 bridgehead atoms. The van der Waals surface area contributed by atoms with E-state index in [2.05, 4.69) is 24.0 Å². The van der Waals surface area contributed by atoms with Crippen LogP contribution >= 0.6 is 23.1 Å². The molecule has 84 valence electrons. The third-order valence-corrected chi connectivity index (χ3v) is 4.56. The smallest absolute Gasteiger partial charge is 0.174 e. The molecule has 0 N–H and O–H groups in total. The van der Waals surface area contributed by atoms with E-state index >= 15 is 0 Å². The quantitative estimate of drug-likeness (QED) is 0.766. The summed E-state index contributed by atoms with van der Waals surface area (Å²) in [5.41, 5.74) is 0.0717. The zero-order chi connectivity index (χ0) is 10.9. The molecule has 1 saturated heterocycles. The molecule has 0 aliphatic carbocycles. The Morgan fingerprint density at radius 3 is 2.87 bits per heavy atom. The van der Waals surface area contributed by atoms with E-state index in [1.807, 2.05) is 6.92 Å². The molecular weight excluding hydrogens is 228 g/mol. The van der Waals surface area contributed by atoms with Gasteiger partial charge in [0.05, 0.1) is 11.7 Å². The Hall–Kier alpha value is -0.130. The Kier molecular flexibility index (Phi) is 3.33. The first-order valence-corrected chi connectivity index (χ1v) is 6.96. The van der Waals surface area contributed by atoms with Gasteiger partial charge in [-0.3, -0.25) is 0 Å². The summed E-state index contributed by atoms with van der Waals surface area (Å²) in [5, 5.41) is 9.12. The summed E-state index contributed by atoms with van der Waals surface area (Å²) in [6.45, 7) is 6.30. The summed E-state index contributed by atoms with van der Waals surface area (Å²) in [5.74, 6) is 0.998. The molecule has 0 amide bonds. The molecule has 0 aromatic carbocycles. The van der Waals surface area contributed by atoms with Crippen LogP contribution in [0.25, 0.3) is 0 Å². The fraction of sp³-hybridized carbons (Fsp3) is 0.800. The van der Waals surface area contributed by atoms with Gasteiger partial charge in [-0.25, -0.2) is 0 Å². The van der Waals surface area contributed by atoms with Crippen LogP contribution in [0.3, 0.4) is 0 Å². The van der Waals surface area contributed by atoms with Crippen LogP contribution in [-0.2, 0) is 4.74 Å². The van der Waals surface area contributed by atoms with Crippen molar-refractivity contribution in [1.29, 1.82) is 0 Å². The van der Waals surface area contributed by atoms with Crippen molar-refractivity contribution in [3.63, 3.8) is 0 Å². The molecular formula is C10H16N2OS2. The molecule has 1 unspecified atom stereocenters. The molecule has 1 aromatic rings. The maximum absolute atomic E-state index is 5.91. The number of ether oxygens (including phenoxy) is 1. The van der Waals surface area contributed by atoms with Gasteiger partial charge in [0.1, 0.15) is 5.01 Å². The van der Waals surface area contributed by atoms with Crippen LogP contribution < -0.4 is 0 Å². The van der Waals surface area contributed by atoms with E-state index in [1.165, 1.54) is 0 Å². The van der Waals surface area contributed by atoms with Crippen molar-refractivity contribution in [1.82, 2.24) is 10.2 Å². The van der Waals surface area contributed by atoms with Gasteiger partial charge in [0.2, 0.25) is 0 Å². The Morgan fingerprint density at radius 2 is 2.33 bits per heavy atom. The first-order valence-electron chi connectivity index (χ1n) is 5.16. The molecule has 1 fully saturated rings. The minimum absolute atomic E-state index is 0.0717. The van der Waals surface area contributed by atoms with Crippen molar-refractivity contribution in [3.05, 3.63) is 5.01 Å². The predicted octanol–water partition coefficient (Wildman–Crippen LogP) is 2.90. The molecule has 0 radical (unpaired) electrons. The van der Waals surface area contributed by atoms with E-state index in [0.717, 1.165) is 27.9 Å². The second-order valence-electron chi connectivity index (χ2n) is 4.44. The average Bonchev–Trinajstić information content (AvgIpc) is 2.69. The Morgan fingerprint density at radius 1 is 1.53 bits per heavy atom. The summed E-state index contributed by atoms with van der Waals surface area (Å²) >= 11 is 3.42. The topological polar surface area (TPSA) is 35.0 Å². The van der Waals surface area contributed by atoms with Gasteiger partial charge in [-0.05, 0) is 33.6 Å². The lowest BCUT2D eigenvalue weighted by Gasteiger charge is -2.18. The highest BCUT2D eigenvalue weighted by atomic mass is 32.2. The van der Waals surface area contributed by atoms with Crippen molar-refractivity contribution < 1.29 is 4.74 Å². The molecule has 1 aliphatic heterocycles. The van der Waals surface area contributed by atoms with Crippen molar-refractivity contribution in [3.8, 4) is 0 Å². The maximum atomic E-state index is 5.91. The SMILES string of the molecule is Cc1nnc(SCC2CCC(C)(C)O2)s1. The molecule has 1 atom stereocenters. The lowest BCUT2D eigenvalue weighted by Crippen LogP contribution is -2.20. The first-order chi connectivity index (χ1) is 7.05. The molecule has 3 nitrogen and oxygen atoms in total. The average molecular weight is 244 g/mol. The van der Waals surface area contributed by atoms with Gasteiger partial charge in [0.25, 0.3) is 0 Å². The van der Waals surface area contributed by atoms with Crippen LogP contribution in [0, 0.1) is 6.92 Å². The van der Waals surface area contributed by atoms with Crippen LogP contribution in [-0.4, -0.2) is 27.7 Å². The van der Waals surface area contributed by atoms with Crippen molar-refractivity contribution >= 4 is 23.1 Å². The van der Waals surface area contributed by atoms with E-state index in [0.29, 0.717) is 6.10 Å². The Balaban J connectivity index is 1.80. The van der Waals surface area contributed by atoms with E-state index in [1.54, 1.807) is 23.1 Å². The van der Waals surface area contributed by atoms with Gasteiger partial charge in [0, 0.05) is 5.75 Å². The summed E-state index contributed by atoms with van der Waals surface area (Å²) in [6.07, 6.45) is 2.71. The molecule has 0 saturated carbocycles. The second kappa shape index (κ2) is 4.39. The Bertz CT molecular complexity index is 338. The van der Waals surface area contributed by atoms with Gasteiger partial charge in [-0.1, -0.05) is 23.1 Å². The number of aryl methyl sites for hydroxylation is 1. The number of rotatable bonds is 3. The first kappa shape index (κ1) is 11.4. The van der Waals surface area contributed by atoms with E-state index in [4.69, 9.17) is 4.74 Å². The van der Waals surface area contributed by atoms with Crippen LogP contribution in [0.4, 0.5) is 0 Å². The fourth-order valence-corrected chi connectivity index (χ4v) is 3.58. The Labute approximate surface area is 98.6 Å². The third-order valence-electron chi connectivity index (χ3n) is 2.45. The maximum Gasteiger partial charge on any atom is 0.174 e. The molecule has 1 aliphatic rings. The monoisotopic (exact) mass is 244 g/mol. The van der Waals surface area contributed by atoms with Crippen molar-refractivity contribution in [2.24, 2.45) is 0 Å². The second-order valence-corrected chi connectivity index (χ2v) is 6.88. The van der Waals surface area contributed by atoms with Gasteiger partial charge >= 0.3 is 0 Å². The van der Waals surface area contributed by atoms with Gasteiger partial charge in [-0.2, -0.15) is 0 Å². The molecule has 1 aromatic heterocycles. The molecule has 0 spiro atoms. The largest absolute Gasteiger partial charge is 0.371 e. The fourth-order valence-electron chi connectivity index (χ4n) is 1.70. The summed E-state index contributed by atoms with van der Waals surface area (Å²) in [4.78, 5) is 0. The zero-order valence-corrected chi connectivity index (χ0v) is 11.0. The highest BCUT2D eigenvalue weighted by Gasteiger charge is 2.31. The van der Waals surface area contributed by atoms with Crippen molar-refractivity contribution in [2.45, 2.75) is 49.7 Å². The molecule has 15 heavy (non-hydrogen) atoms. The van der Waals surface area contributed by atoms with E-state index in [-0.39, 0.29) is 5.60 Å². The standard InChI is InChI=1S/C10H16N2OS2/c1-7-11-12-9(15-7)14-6-8-4-5-10(2,3)13-8/h8H,4-6H2,1-3H3. The van der Waals surface area contributed by atoms with Crippen molar-refractivity contribution in [2.75, 3.05) is 5.75 Å². The van der Waals surface area contributed by atoms with Crippen LogP contribution in [0.15, 0.2) is 4.34 Å². The molecule has 5 heteroatoms. The summed E-state index contributed by atoms with van der Waals surface area (Å²) in [7, 11) is 0. The van der Waals surface area contributed by atoms with Gasteiger partial charge in [0.15, 0.2) is 4.34 Å². The minimum Gasteiger partial charge on any atom is -0.371 e. The van der Waals surface area contributed by atoms with Crippen LogP contribution in [0.5, 0.6) is 0 Å². The number of thioether (sulfide) groups is 1. The number of hydrogen-bond donors (Lipinski definition) is 0. The third kappa shape index (κ3) is 3.16. The predicted molar refractivity (Wildman–Crippen MR) is 63.6 cm³/mol. The number of hydrogen-bond acceptors (Lipinski definition) is 5. The highest BCUT2D eigenvalue weighted by Crippen LogP contribution is 2.33. The minimum atomic E-state index is 0.0717. The normalized spacial score (nSPS) is 24.6. The number of nitrogens with zero attached hydrogens (tertiary/aromatic N) is 2.